The smallest absolute Gasteiger partial charge is 0.227 e. The van der Waals surface area contributed by atoms with Gasteiger partial charge in [0, 0.05) is 39.5 Å². The summed E-state index contributed by atoms with van der Waals surface area (Å²) in [5.41, 5.74) is 3.14. The molecule has 3 heterocycles. The molecule has 2 atom stereocenters. The first-order valence-electron chi connectivity index (χ1n) is 9.65. The topological polar surface area (TPSA) is 32.5 Å². The van der Waals surface area contributed by atoms with Crippen LogP contribution >= 0.6 is 0 Å². The number of hydrogen-bond donors (Lipinski definition) is 0. The Hall–Kier alpha value is -2.49. The zero-order valence-electron chi connectivity index (χ0n) is 17.4. The molecule has 1 aromatic carbocycles. The summed E-state index contributed by atoms with van der Waals surface area (Å²) in [6, 6.07) is 6.14. The molecule has 0 bridgehead atoms. The van der Waals surface area contributed by atoms with E-state index in [0.717, 1.165) is 22.0 Å². The molecule has 4 heteroatoms. The average molecular weight is 311 g/mol. The summed E-state index contributed by atoms with van der Waals surface area (Å²) in [6.45, 7) is 2.86. The Bertz CT molecular complexity index is 1050. The van der Waals surface area contributed by atoms with Crippen LogP contribution in [-0.4, -0.2) is 22.1 Å². The molecule has 0 aliphatic carbocycles. The van der Waals surface area contributed by atoms with Crippen molar-refractivity contribution in [2.45, 2.75) is 39.8 Å². The lowest BCUT2D eigenvalue weighted by molar-refractivity contribution is 0.263. The molecule has 0 saturated carbocycles. The Morgan fingerprint density at radius 2 is 2.17 bits per heavy atom. The van der Waals surface area contributed by atoms with Crippen LogP contribution in [0.2, 0.25) is 0 Å². The second kappa shape index (κ2) is 5.01. The van der Waals surface area contributed by atoms with Crippen LogP contribution in [-0.2, 0) is 0 Å². The molecule has 2 unspecified atom stereocenters. The van der Waals surface area contributed by atoms with Crippen molar-refractivity contribution in [2.75, 3.05) is 4.90 Å². The van der Waals surface area contributed by atoms with Crippen molar-refractivity contribution in [1.82, 2.24) is 9.88 Å². The molecular weight excluding hydrogens is 286 g/mol. The molecule has 4 nitrogen and oxygen atoms in total. The highest BCUT2D eigenvalue weighted by molar-refractivity contribution is 6.08. The van der Waals surface area contributed by atoms with Crippen LogP contribution in [0.4, 0.5) is 5.69 Å². The van der Waals surface area contributed by atoms with E-state index in [4.69, 9.17) is 9.90 Å². The van der Waals surface area contributed by atoms with E-state index in [1.807, 2.05) is 49.2 Å². The number of pyridine rings is 1. The van der Waals surface area contributed by atoms with Crippen LogP contribution in [0.5, 0.6) is 0 Å². The van der Waals surface area contributed by atoms with Crippen LogP contribution < -0.4 is 4.90 Å². The van der Waals surface area contributed by atoms with Crippen LogP contribution in [0.3, 0.4) is 0 Å². The predicted molar refractivity (Wildman–Crippen MR) is 94.3 cm³/mol. The quantitative estimate of drug-likeness (QED) is 0.690. The molecule has 2 aromatic heterocycles. The molecule has 1 aliphatic heterocycles. The van der Waals surface area contributed by atoms with Gasteiger partial charge < -0.3 is 14.2 Å². The molecule has 0 radical (unpaired) electrons. The van der Waals surface area contributed by atoms with Crippen molar-refractivity contribution >= 4 is 27.8 Å². The summed E-state index contributed by atoms with van der Waals surface area (Å²) in [5.74, 6) is 0. The van der Waals surface area contributed by atoms with E-state index in [1.165, 1.54) is 6.92 Å². The van der Waals surface area contributed by atoms with Gasteiger partial charge in [-0.1, -0.05) is 12.1 Å². The van der Waals surface area contributed by atoms with E-state index < -0.39 is 12.9 Å². The van der Waals surface area contributed by atoms with Gasteiger partial charge in [-0.15, -0.1) is 0 Å². The van der Waals surface area contributed by atoms with E-state index >= 15 is 0 Å². The number of aryl methyl sites for hydroxylation is 1. The summed E-state index contributed by atoms with van der Waals surface area (Å²) in [6.07, 6.45) is 4.83. The van der Waals surface area contributed by atoms with Gasteiger partial charge >= 0.3 is 0 Å². The lowest BCUT2D eigenvalue weighted by Crippen LogP contribution is -2.39. The number of nitrogens with zero attached hydrogens (tertiary/aromatic N) is 3. The van der Waals surface area contributed by atoms with Gasteiger partial charge in [-0.3, -0.25) is 0 Å². The second-order valence-electron chi connectivity index (χ2n) is 5.90. The number of anilines is 1. The van der Waals surface area contributed by atoms with Crippen molar-refractivity contribution in [1.29, 1.82) is 0 Å². The first-order chi connectivity index (χ1) is 12.6. The molecule has 0 saturated heterocycles. The Labute approximate surface area is 141 Å². The van der Waals surface area contributed by atoms with Gasteiger partial charge in [0.05, 0.1) is 7.06 Å². The van der Waals surface area contributed by atoms with E-state index in [-0.39, 0.29) is 6.17 Å². The van der Waals surface area contributed by atoms with E-state index in [1.54, 1.807) is 17.3 Å². The maximum atomic E-state index is 8.41. The highest BCUT2D eigenvalue weighted by Crippen LogP contribution is 2.39. The van der Waals surface area contributed by atoms with Crippen LogP contribution in [0.15, 0.2) is 47.3 Å². The zero-order valence-corrected chi connectivity index (χ0v) is 13.4. The van der Waals surface area contributed by atoms with Crippen molar-refractivity contribution in [3.63, 3.8) is 0 Å². The third kappa shape index (κ3) is 2.01. The van der Waals surface area contributed by atoms with E-state index in [9.17, 15) is 0 Å². The molecule has 0 spiro atoms. The first kappa shape index (κ1) is 10.3. The second-order valence-corrected chi connectivity index (χ2v) is 5.90. The summed E-state index contributed by atoms with van der Waals surface area (Å²) in [5, 5.41) is 1.90. The minimum atomic E-state index is -2.44. The van der Waals surface area contributed by atoms with Crippen LogP contribution in [0.1, 0.15) is 31.7 Å². The number of fused-ring (bicyclic) bond motifs is 3. The van der Waals surface area contributed by atoms with Crippen LogP contribution in [0, 0.1) is 6.92 Å². The Morgan fingerprint density at radius 3 is 3.00 bits per heavy atom. The average Bonchev–Trinajstić information content (AvgIpc) is 3.15. The molecular formula is C19H21N3O. The fourth-order valence-corrected chi connectivity index (χ4v) is 3.26. The molecule has 23 heavy (non-hydrogen) atoms. The molecule has 3 aromatic rings. The van der Waals surface area contributed by atoms with Crippen molar-refractivity contribution in [3.05, 3.63) is 48.4 Å². The third-order valence-corrected chi connectivity index (χ3v) is 4.43. The molecule has 1 aliphatic rings. The number of benzene rings is 1. The summed E-state index contributed by atoms with van der Waals surface area (Å²) in [7, 11) is 0. The maximum Gasteiger partial charge on any atom is 0.227 e. The molecule has 0 fully saturated rings. The summed E-state index contributed by atoms with van der Waals surface area (Å²) >= 11 is 0. The maximum absolute atomic E-state index is 8.41. The van der Waals surface area contributed by atoms with Crippen molar-refractivity contribution in [2.24, 2.45) is 0 Å². The largest absolute Gasteiger partial charge is 0.435 e. The molecule has 118 valence electrons. The molecule has 4 rings (SSSR count). The summed E-state index contributed by atoms with van der Waals surface area (Å²) < 4.78 is 37.7. The van der Waals surface area contributed by atoms with E-state index in [2.05, 4.69) is 4.98 Å². The first-order valence-corrected chi connectivity index (χ1v) is 7.65. The van der Waals surface area contributed by atoms with E-state index in [0.29, 0.717) is 11.3 Å². The number of aromatic nitrogens is 1. The van der Waals surface area contributed by atoms with Crippen molar-refractivity contribution in [3.8, 4) is 0 Å². The predicted octanol–water partition coefficient (Wildman–Crippen LogP) is 4.64. The fourth-order valence-electron chi connectivity index (χ4n) is 3.26. The minimum Gasteiger partial charge on any atom is -0.435 e. The van der Waals surface area contributed by atoms with Gasteiger partial charge in [0.25, 0.3) is 0 Å². The number of hydrogen-bond acceptors (Lipinski definition) is 4. The standard InChI is InChI=1S/C19H21N3O/c1-12(2)21-10-11-22(14(21)4)17-13(3)7-8-15-16-6-5-9-20-19(16)23-18(15)17/h5-12,14H,1-4H3/i1D3,12D. The Balaban J connectivity index is 1.84. The van der Waals surface area contributed by atoms with Gasteiger partial charge in [-0.2, -0.15) is 0 Å². The summed E-state index contributed by atoms with van der Waals surface area (Å²) in [4.78, 5) is 7.82. The van der Waals surface area contributed by atoms with Gasteiger partial charge in [-0.25, -0.2) is 4.98 Å². The fraction of sp³-hybridized carbons (Fsp3) is 0.316. The lowest BCUT2D eigenvalue weighted by Gasteiger charge is -2.33. The van der Waals surface area contributed by atoms with Crippen molar-refractivity contribution < 1.29 is 9.90 Å². The third-order valence-electron chi connectivity index (χ3n) is 4.43. The highest BCUT2D eigenvalue weighted by atomic mass is 16.3. The number of furan rings is 1. The van der Waals surface area contributed by atoms with Gasteiger partial charge in [-0.05, 0) is 45.3 Å². The van der Waals surface area contributed by atoms with Crippen LogP contribution in [0.25, 0.3) is 22.1 Å². The number of rotatable bonds is 2. The zero-order chi connectivity index (χ0) is 19.6. The normalized spacial score (nSPS) is 23.7. The van der Waals surface area contributed by atoms with Gasteiger partial charge in [0.15, 0.2) is 5.58 Å². The minimum absolute atomic E-state index is 0.349. The molecule has 0 amide bonds. The highest BCUT2D eigenvalue weighted by Gasteiger charge is 2.28. The Morgan fingerprint density at radius 1 is 1.30 bits per heavy atom. The van der Waals surface area contributed by atoms with Gasteiger partial charge in [0.1, 0.15) is 6.17 Å². The SMILES string of the molecule is [2H]C([2H])([2H])C([2H])(C)N1C=CN(c2c(C)ccc3c2oc2ncccc23)C1C. The van der Waals surface area contributed by atoms with Gasteiger partial charge in [0.2, 0.25) is 5.71 Å². The molecule has 0 N–H and O–H groups in total. The monoisotopic (exact) mass is 311 g/mol. The Kier molecular flexibility index (Phi) is 2.25. The lowest BCUT2D eigenvalue weighted by atomic mass is 10.1.